The number of phenolic OH excluding ortho intramolecular Hbond substituents is 1. The molecule has 0 aliphatic rings. The highest BCUT2D eigenvalue weighted by Gasteiger charge is 2.06. The molecule has 5 nitrogen and oxygen atoms in total. The van der Waals surface area contributed by atoms with Crippen molar-refractivity contribution in [2.75, 3.05) is 18.0 Å². The first-order chi connectivity index (χ1) is 9.24. The molecule has 0 aliphatic heterocycles. The molecule has 0 radical (unpaired) electrons. The zero-order valence-electron chi connectivity index (χ0n) is 10.9. The van der Waals surface area contributed by atoms with Gasteiger partial charge in [-0.1, -0.05) is 0 Å². The minimum atomic E-state index is 0.129. The van der Waals surface area contributed by atoms with Crippen molar-refractivity contribution in [3.8, 4) is 5.75 Å². The van der Waals surface area contributed by atoms with Crippen LogP contribution in [0, 0.1) is 0 Å². The molecule has 2 aromatic rings. The third-order valence-electron chi connectivity index (χ3n) is 2.75. The number of aromatic nitrogens is 1. The largest absolute Gasteiger partial charge is 0.506 e. The first kappa shape index (κ1) is 13.5. The minimum absolute atomic E-state index is 0.129. The van der Waals surface area contributed by atoms with Crippen molar-refractivity contribution in [3.63, 3.8) is 0 Å². The molecule has 2 rings (SSSR count). The number of nitrogens with zero attached hydrogens (tertiary/aromatic N) is 4. The SMILES string of the molecule is CCN(CC)c1ccc(/N=N/c2nccs2)c(O)c1. The van der Waals surface area contributed by atoms with Crippen molar-refractivity contribution in [2.45, 2.75) is 13.8 Å². The second-order valence-electron chi connectivity index (χ2n) is 3.86. The molecule has 0 atom stereocenters. The Morgan fingerprint density at radius 1 is 1.26 bits per heavy atom. The smallest absolute Gasteiger partial charge is 0.229 e. The van der Waals surface area contributed by atoms with Crippen molar-refractivity contribution < 1.29 is 5.11 Å². The zero-order chi connectivity index (χ0) is 13.7. The van der Waals surface area contributed by atoms with Crippen LogP contribution in [-0.4, -0.2) is 23.2 Å². The van der Waals surface area contributed by atoms with Crippen molar-refractivity contribution in [1.29, 1.82) is 0 Å². The summed E-state index contributed by atoms with van der Waals surface area (Å²) >= 11 is 1.40. The number of azo groups is 1. The second-order valence-corrected chi connectivity index (χ2v) is 4.73. The monoisotopic (exact) mass is 276 g/mol. The maximum absolute atomic E-state index is 9.96. The summed E-state index contributed by atoms with van der Waals surface area (Å²) in [7, 11) is 0. The summed E-state index contributed by atoms with van der Waals surface area (Å²) in [4.78, 5) is 6.16. The third kappa shape index (κ3) is 3.29. The van der Waals surface area contributed by atoms with Crippen LogP contribution >= 0.6 is 11.3 Å². The van der Waals surface area contributed by atoms with E-state index in [1.54, 1.807) is 18.3 Å². The summed E-state index contributed by atoms with van der Waals surface area (Å²) in [6, 6.07) is 5.41. The Morgan fingerprint density at radius 2 is 2.05 bits per heavy atom. The van der Waals surface area contributed by atoms with Gasteiger partial charge in [-0.25, -0.2) is 4.98 Å². The van der Waals surface area contributed by atoms with Crippen LogP contribution in [0.4, 0.5) is 16.5 Å². The molecule has 1 N–H and O–H groups in total. The van der Waals surface area contributed by atoms with E-state index < -0.39 is 0 Å². The van der Waals surface area contributed by atoms with Gasteiger partial charge in [0.2, 0.25) is 5.13 Å². The van der Waals surface area contributed by atoms with Crippen LogP contribution in [0.2, 0.25) is 0 Å². The Bertz CT molecular complexity index is 550. The van der Waals surface area contributed by atoms with Gasteiger partial charge in [-0.15, -0.1) is 21.6 Å². The third-order valence-corrected chi connectivity index (χ3v) is 3.41. The van der Waals surface area contributed by atoms with Crippen LogP contribution in [0.3, 0.4) is 0 Å². The molecular weight excluding hydrogens is 260 g/mol. The molecule has 0 saturated heterocycles. The highest BCUT2D eigenvalue weighted by molar-refractivity contribution is 7.13. The first-order valence-electron chi connectivity index (χ1n) is 6.13. The lowest BCUT2D eigenvalue weighted by Crippen LogP contribution is -2.21. The predicted molar refractivity (Wildman–Crippen MR) is 78.0 cm³/mol. The summed E-state index contributed by atoms with van der Waals surface area (Å²) in [6.45, 7) is 5.96. The van der Waals surface area contributed by atoms with Gasteiger partial charge in [-0.3, -0.25) is 0 Å². The molecule has 100 valence electrons. The molecule has 0 fully saturated rings. The highest BCUT2D eigenvalue weighted by Crippen LogP contribution is 2.32. The van der Waals surface area contributed by atoms with E-state index in [1.807, 2.05) is 11.4 Å². The Balaban J connectivity index is 2.20. The predicted octanol–water partition coefficient (Wildman–Crippen LogP) is 4.11. The number of benzene rings is 1. The maximum Gasteiger partial charge on any atom is 0.229 e. The Morgan fingerprint density at radius 3 is 2.63 bits per heavy atom. The van der Waals surface area contributed by atoms with Gasteiger partial charge in [-0.05, 0) is 26.0 Å². The van der Waals surface area contributed by atoms with Crippen LogP contribution in [-0.2, 0) is 0 Å². The quantitative estimate of drug-likeness (QED) is 0.836. The standard InChI is InChI=1S/C13H16N4OS/c1-3-17(4-2)10-5-6-11(12(18)9-10)15-16-13-14-7-8-19-13/h5-9,18H,3-4H2,1-2H3/b16-15+. The molecule has 0 amide bonds. The molecular formula is C13H16N4OS. The Kier molecular flexibility index (Phi) is 4.46. The van der Waals surface area contributed by atoms with Gasteiger partial charge in [0.05, 0.1) is 0 Å². The van der Waals surface area contributed by atoms with Crippen LogP contribution in [0.15, 0.2) is 40.0 Å². The lowest BCUT2D eigenvalue weighted by Gasteiger charge is -2.21. The van der Waals surface area contributed by atoms with Crippen LogP contribution < -0.4 is 4.90 Å². The number of anilines is 1. The number of hydrogen-bond acceptors (Lipinski definition) is 6. The minimum Gasteiger partial charge on any atom is -0.506 e. The fraction of sp³-hybridized carbons (Fsp3) is 0.308. The topological polar surface area (TPSA) is 61.1 Å². The van der Waals surface area contributed by atoms with Gasteiger partial charge in [0.1, 0.15) is 11.4 Å². The van der Waals surface area contributed by atoms with E-state index in [1.165, 1.54) is 11.3 Å². The number of aromatic hydroxyl groups is 1. The van der Waals surface area contributed by atoms with Crippen LogP contribution in [0.25, 0.3) is 0 Å². The average Bonchev–Trinajstić information content (AvgIpc) is 2.92. The van der Waals surface area contributed by atoms with E-state index in [9.17, 15) is 5.11 Å². The molecule has 0 unspecified atom stereocenters. The molecule has 6 heteroatoms. The summed E-state index contributed by atoms with van der Waals surface area (Å²) in [5.41, 5.74) is 1.43. The van der Waals surface area contributed by atoms with E-state index in [0.717, 1.165) is 18.8 Å². The highest BCUT2D eigenvalue weighted by atomic mass is 32.1. The number of thiazole rings is 1. The van der Waals surface area contributed by atoms with E-state index >= 15 is 0 Å². The first-order valence-corrected chi connectivity index (χ1v) is 7.01. The average molecular weight is 276 g/mol. The van der Waals surface area contributed by atoms with E-state index in [2.05, 4.69) is 34.0 Å². The zero-order valence-corrected chi connectivity index (χ0v) is 11.8. The summed E-state index contributed by atoms with van der Waals surface area (Å²) in [5.74, 6) is 0.129. The van der Waals surface area contributed by atoms with Crippen molar-refractivity contribution >= 4 is 27.8 Å². The fourth-order valence-corrected chi connectivity index (χ4v) is 2.20. The van der Waals surface area contributed by atoms with Crippen molar-refractivity contribution in [2.24, 2.45) is 10.2 Å². The summed E-state index contributed by atoms with van der Waals surface area (Å²) in [5, 5.41) is 20.3. The Hall–Kier alpha value is -1.95. The Labute approximate surface area is 116 Å². The summed E-state index contributed by atoms with van der Waals surface area (Å²) < 4.78 is 0. The molecule has 1 heterocycles. The molecule has 19 heavy (non-hydrogen) atoms. The van der Waals surface area contributed by atoms with Gasteiger partial charge < -0.3 is 10.0 Å². The molecule has 0 bridgehead atoms. The summed E-state index contributed by atoms with van der Waals surface area (Å²) in [6.07, 6.45) is 1.67. The van der Waals surface area contributed by atoms with Gasteiger partial charge >= 0.3 is 0 Å². The molecule has 0 spiro atoms. The van der Waals surface area contributed by atoms with E-state index in [-0.39, 0.29) is 5.75 Å². The van der Waals surface area contributed by atoms with Crippen molar-refractivity contribution in [3.05, 3.63) is 29.8 Å². The number of hydrogen-bond donors (Lipinski definition) is 1. The van der Waals surface area contributed by atoms with Gasteiger partial charge in [0.25, 0.3) is 0 Å². The van der Waals surface area contributed by atoms with Crippen molar-refractivity contribution in [1.82, 2.24) is 4.98 Å². The molecule has 1 aromatic carbocycles. The van der Waals surface area contributed by atoms with Crippen LogP contribution in [0.5, 0.6) is 5.75 Å². The lowest BCUT2D eigenvalue weighted by atomic mass is 10.2. The van der Waals surface area contributed by atoms with Gasteiger partial charge in [-0.2, -0.15) is 0 Å². The van der Waals surface area contributed by atoms with E-state index in [4.69, 9.17) is 0 Å². The fourth-order valence-electron chi connectivity index (χ4n) is 1.74. The van der Waals surface area contributed by atoms with Crippen LogP contribution in [0.1, 0.15) is 13.8 Å². The number of rotatable bonds is 5. The molecule has 1 aromatic heterocycles. The molecule has 0 aliphatic carbocycles. The number of phenols is 1. The maximum atomic E-state index is 9.96. The lowest BCUT2D eigenvalue weighted by molar-refractivity contribution is 0.476. The molecule has 0 saturated carbocycles. The van der Waals surface area contributed by atoms with Gasteiger partial charge in [0.15, 0.2) is 0 Å². The normalized spacial score (nSPS) is 11.1. The second kappa shape index (κ2) is 6.29. The van der Waals surface area contributed by atoms with Gasteiger partial charge in [0, 0.05) is 36.4 Å². The van der Waals surface area contributed by atoms with E-state index in [0.29, 0.717) is 10.8 Å².